The van der Waals surface area contributed by atoms with Crippen molar-refractivity contribution < 1.29 is 49.8 Å². The third-order valence-corrected chi connectivity index (χ3v) is 8.48. The fourth-order valence-corrected chi connectivity index (χ4v) is 5.48. The third kappa shape index (κ3) is 11.2. The van der Waals surface area contributed by atoms with Gasteiger partial charge in [0.1, 0.15) is 37.8 Å². The van der Waals surface area contributed by atoms with E-state index in [1.807, 2.05) is 0 Å². The molecular weight excluding hydrogens is 652 g/mol. The molecule has 2 saturated heterocycles. The van der Waals surface area contributed by atoms with Crippen molar-refractivity contribution >= 4 is 46.1 Å². The highest BCUT2D eigenvalue weighted by Gasteiger charge is 2.18. The molecule has 2 aliphatic heterocycles. The normalized spacial score (nSPS) is 16.2. The largest absolute Gasteiger partial charge is 0.463 e. The Balaban J connectivity index is 0.000000271. The monoisotopic (exact) mass is 702 g/mol. The number of carbonyl (C=O) groups is 4. The van der Waals surface area contributed by atoms with Crippen molar-refractivity contribution in [3.63, 3.8) is 0 Å². The minimum atomic E-state index is -0.503. The van der Waals surface area contributed by atoms with Gasteiger partial charge in [0, 0.05) is 85.9 Å². The summed E-state index contributed by atoms with van der Waals surface area (Å²) in [6.07, 6.45) is 4.24. The van der Waals surface area contributed by atoms with E-state index in [1.54, 1.807) is 30.5 Å². The summed E-state index contributed by atoms with van der Waals surface area (Å²) in [6.45, 7) is 9.19. The molecular formula is C34H50N6O10. The summed E-state index contributed by atoms with van der Waals surface area (Å²) in [5.41, 5.74) is 3.31. The lowest BCUT2D eigenvalue weighted by atomic mass is 10.2. The van der Waals surface area contributed by atoms with Gasteiger partial charge in [-0.2, -0.15) is 0 Å². The van der Waals surface area contributed by atoms with Crippen LogP contribution in [0.3, 0.4) is 0 Å². The summed E-state index contributed by atoms with van der Waals surface area (Å²) in [6, 6.07) is 6.63. The van der Waals surface area contributed by atoms with E-state index in [9.17, 15) is 19.2 Å². The predicted molar refractivity (Wildman–Crippen MR) is 185 cm³/mol. The molecule has 0 amide bonds. The Labute approximate surface area is 292 Å². The van der Waals surface area contributed by atoms with Crippen molar-refractivity contribution in [2.24, 2.45) is 0 Å². The number of hydrogen-bond acceptors (Lipinski definition) is 14. The van der Waals surface area contributed by atoms with E-state index < -0.39 is 11.9 Å². The minimum Gasteiger partial charge on any atom is -0.463 e. The smallest absolute Gasteiger partial charge is 0.355 e. The van der Waals surface area contributed by atoms with E-state index in [0.29, 0.717) is 29.0 Å². The number of furan rings is 2. The number of rotatable bonds is 14. The Kier molecular flexibility index (Phi) is 13.5. The average Bonchev–Trinajstić information content (AvgIpc) is 3.90. The van der Waals surface area contributed by atoms with Gasteiger partial charge in [0.25, 0.3) is 0 Å². The highest BCUT2D eigenvalue weighted by Crippen LogP contribution is 2.17. The fraction of sp³-hybridized carbons (Fsp3) is 0.529. The van der Waals surface area contributed by atoms with Crippen molar-refractivity contribution in [1.82, 2.24) is 29.6 Å². The Morgan fingerprint density at radius 1 is 0.660 bits per heavy atom. The second-order valence-electron chi connectivity index (χ2n) is 12.3. The lowest BCUT2D eigenvalue weighted by Crippen LogP contribution is -2.46. The molecule has 4 aromatic heterocycles. The van der Waals surface area contributed by atoms with Crippen LogP contribution in [0.5, 0.6) is 0 Å². The molecule has 4 aromatic rings. The number of H-pyrrole nitrogens is 2. The summed E-state index contributed by atoms with van der Waals surface area (Å²) in [5, 5.41) is 0. The zero-order chi connectivity index (χ0) is 35.3. The van der Waals surface area contributed by atoms with Crippen LogP contribution in [-0.4, -0.2) is 159 Å². The number of nitrogens with zero attached hydrogens (tertiary/aromatic N) is 4. The van der Waals surface area contributed by atoms with Crippen molar-refractivity contribution in [2.45, 2.75) is 12.8 Å². The molecule has 6 rings (SSSR count). The predicted octanol–water partition coefficient (Wildman–Crippen LogP) is 2.69. The highest BCUT2D eigenvalue weighted by atomic mass is 16.6. The van der Waals surface area contributed by atoms with Crippen LogP contribution in [0.25, 0.3) is 22.2 Å². The molecule has 0 saturated carbocycles. The summed E-state index contributed by atoms with van der Waals surface area (Å²) >= 11 is 0. The molecule has 0 aromatic carbocycles. The Morgan fingerprint density at radius 3 is 1.62 bits per heavy atom. The number of ether oxygens (including phenoxy) is 4. The van der Waals surface area contributed by atoms with E-state index in [1.165, 1.54) is 6.26 Å². The minimum absolute atomic E-state index is 0. The van der Waals surface area contributed by atoms with Crippen LogP contribution in [0.1, 0.15) is 36.7 Å². The van der Waals surface area contributed by atoms with Gasteiger partial charge in [-0.25, -0.2) is 9.59 Å². The molecule has 0 aliphatic carbocycles. The van der Waals surface area contributed by atoms with E-state index in [4.69, 9.17) is 27.8 Å². The molecule has 0 bridgehead atoms. The molecule has 2 aliphatic rings. The molecule has 50 heavy (non-hydrogen) atoms. The number of carbonyl (C=O) groups excluding carboxylic acids is 4. The van der Waals surface area contributed by atoms with Crippen LogP contribution in [0, 0.1) is 0 Å². The van der Waals surface area contributed by atoms with Gasteiger partial charge in [0.2, 0.25) is 0 Å². The van der Waals surface area contributed by atoms with Gasteiger partial charge < -0.3 is 52.4 Å². The number of fused-ring (bicyclic) bond motifs is 2. The van der Waals surface area contributed by atoms with Gasteiger partial charge >= 0.3 is 23.9 Å². The zero-order valence-corrected chi connectivity index (χ0v) is 28.6. The third-order valence-electron chi connectivity index (χ3n) is 8.48. The number of aromatic amines is 2. The van der Waals surface area contributed by atoms with Crippen LogP contribution >= 0.6 is 0 Å². The van der Waals surface area contributed by atoms with Crippen LogP contribution in [0.15, 0.2) is 45.6 Å². The first kappa shape index (κ1) is 36.6. The van der Waals surface area contributed by atoms with Crippen molar-refractivity contribution in [3.8, 4) is 0 Å². The van der Waals surface area contributed by atoms with Crippen molar-refractivity contribution in [3.05, 3.63) is 48.2 Å². The van der Waals surface area contributed by atoms with E-state index in [-0.39, 0.29) is 47.8 Å². The summed E-state index contributed by atoms with van der Waals surface area (Å²) in [4.78, 5) is 62.0. The average molecular weight is 703 g/mol. The van der Waals surface area contributed by atoms with Gasteiger partial charge in [-0.3, -0.25) is 14.5 Å². The number of likely N-dealkylation sites (N-methyl/N-ethyl adjacent to an activating group) is 2. The van der Waals surface area contributed by atoms with Crippen molar-refractivity contribution in [2.75, 3.05) is 106 Å². The van der Waals surface area contributed by atoms with Crippen LogP contribution in [0.4, 0.5) is 0 Å². The topological polar surface area (TPSA) is 176 Å². The number of aromatic nitrogens is 2. The molecule has 0 radical (unpaired) electrons. The van der Waals surface area contributed by atoms with Crippen molar-refractivity contribution in [1.29, 1.82) is 0 Å². The van der Waals surface area contributed by atoms with Gasteiger partial charge in [0.15, 0.2) is 11.2 Å². The molecule has 2 fully saturated rings. The first-order chi connectivity index (χ1) is 24.2. The van der Waals surface area contributed by atoms with Gasteiger partial charge in [0.05, 0.1) is 30.1 Å². The standard InChI is InChI=1S/C18H25N3O5.C16H21N3O5.2H2/c1-20-6-8-21(9-7-20)5-2-3-17(22)25-11-12-26-18(23)15-13-16-14(19-15)4-10-24-16;1-18-3-5-19(6-4-18)11-15(20)23-8-9-24-16(21)13-10-14-12(17-13)2-7-22-14;;/h4,10,13,19H,2-3,5-9,11-12H2,1H3;2,7,10,17H,3-6,8-9,11H2,1H3;2*1H. The van der Waals surface area contributed by atoms with E-state index in [2.05, 4.69) is 43.7 Å². The second-order valence-corrected chi connectivity index (χ2v) is 12.3. The maximum atomic E-state index is 11.9. The first-order valence-corrected chi connectivity index (χ1v) is 16.8. The number of nitrogens with one attached hydrogen (secondary N) is 2. The Hall–Kier alpha value is -4.64. The Bertz CT molecular complexity index is 1630. The summed E-state index contributed by atoms with van der Waals surface area (Å²) in [5.74, 6) is -1.56. The highest BCUT2D eigenvalue weighted by molar-refractivity contribution is 5.93. The van der Waals surface area contributed by atoms with E-state index >= 15 is 0 Å². The lowest BCUT2D eigenvalue weighted by Gasteiger charge is -2.32. The second kappa shape index (κ2) is 18.4. The van der Waals surface area contributed by atoms with E-state index in [0.717, 1.165) is 76.4 Å². The molecule has 276 valence electrons. The molecule has 0 spiro atoms. The number of esters is 4. The van der Waals surface area contributed by atoms with Crippen LogP contribution in [0.2, 0.25) is 0 Å². The molecule has 0 atom stereocenters. The number of piperazine rings is 2. The maximum absolute atomic E-state index is 11.9. The van der Waals surface area contributed by atoms with Gasteiger partial charge in [-0.1, -0.05) is 0 Å². The lowest BCUT2D eigenvalue weighted by molar-refractivity contribution is -0.146. The Morgan fingerprint density at radius 2 is 1.12 bits per heavy atom. The molecule has 16 nitrogen and oxygen atoms in total. The molecule has 6 heterocycles. The summed E-state index contributed by atoms with van der Waals surface area (Å²) in [7, 11) is 4.18. The van der Waals surface area contributed by atoms with Gasteiger partial charge in [-0.05, 0) is 27.1 Å². The van der Waals surface area contributed by atoms with Crippen LogP contribution < -0.4 is 0 Å². The maximum Gasteiger partial charge on any atom is 0.355 e. The molecule has 2 N–H and O–H groups in total. The molecule has 0 unspecified atom stereocenters. The first-order valence-electron chi connectivity index (χ1n) is 16.8. The summed E-state index contributed by atoms with van der Waals surface area (Å²) < 4.78 is 30.7. The van der Waals surface area contributed by atoms with Crippen LogP contribution in [-0.2, 0) is 28.5 Å². The number of hydrogen-bond donors (Lipinski definition) is 2. The quantitative estimate of drug-likeness (QED) is 0.111. The van der Waals surface area contributed by atoms with Gasteiger partial charge in [-0.15, -0.1) is 0 Å². The fourth-order valence-electron chi connectivity index (χ4n) is 5.48. The zero-order valence-electron chi connectivity index (χ0n) is 28.6. The SMILES string of the molecule is CN1CCN(CC(=O)OCCOC(=O)c2cc3occc3[nH]2)CC1.CN1CCN(CCCC(=O)OCCOC(=O)c2cc3occc3[nH]2)CC1.[HH].[HH]. The molecule has 16 heteroatoms.